The van der Waals surface area contributed by atoms with E-state index in [2.05, 4.69) is 20.1 Å². The molecule has 0 amide bonds. The van der Waals surface area contributed by atoms with E-state index in [-0.39, 0.29) is 6.61 Å². The third-order valence-corrected chi connectivity index (χ3v) is 3.41. The molecule has 1 saturated heterocycles. The van der Waals surface area contributed by atoms with E-state index >= 15 is 0 Å². The van der Waals surface area contributed by atoms with E-state index in [0.717, 1.165) is 43.1 Å². The molecule has 0 aromatic carbocycles. The lowest BCUT2D eigenvalue weighted by molar-refractivity contribution is 0.279. The van der Waals surface area contributed by atoms with Gasteiger partial charge in [0.25, 0.3) is 0 Å². The molecule has 1 N–H and O–H groups in total. The van der Waals surface area contributed by atoms with E-state index in [0.29, 0.717) is 6.04 Å². The van der Waals surface area contributed by atoms with Crippen LogP contribution < -0.4 is 4.90 Å². The van der Waals surface area contributed by atoms with Crippen molar-refractivity contribution < 1.29 is 5.11 Å². The summed E-state index contributed by atoms with van der Waals surface area (Å²) < 4.78 is 0. The van der Waals surface area contributed by atoms with Crippen molar-refractivity contribution in [2.75, 3.05) is 18.1 Å². The van der Waals surface area contributed by atoms with E-state index < -0.39 is 0 Å². The predicted octanol–water partition coefficient (Wildman–Crippen LogP) is 1.23. The van der Waals surface area contributed by atoms with Crippen molar-refractivity contribution in [2.24, 2.45) is 0 Å². The number of aliphatic hydroxyl groups is 1. The number of anilines is 1. The van der Waals surface area contributed by atoms with Crippen molar-refractivity contribution in [3.8, 4) is 0 Å². The Morgan fingerprint density at radius 1 is 1.29 bits per heavy atom. The molecule has 1 atom stereocenters. The molecule has 17 heavy (non-hydrogen) atoms. The van der Waals surface area contributed by atoms with E-state index in [1.54, 1.807) is 0 Å². The van der Waals surface area contributed by atoms with Gasteiger partial charge in [0.2, 0.25) is 5.95 Å². The lowest BCUT2D eigenvalue weighted by Gasteiger charge is -2.24. The van der Waals surface area contributed by atoms with Gasteiger partial charge in [0.15, 0.2) is 0 Å². The van der Waals surface area contributed by atoms with Crippen LogP contribution in [0.4, 0.5) is 5.95 Å². The number of hydrogen-bond acceptors (Lipinski definition) is 5. The Balaban J connectivity index is 2.11. The Morgan fingerprint density at radius 2 is 2.12 bits per heavy atom. The number of aliphatic hydroxyl groups excluding tert-OH is 1. The molecule has 2 heterocycles. The summed E-state index contributed by atoms with van der Waals surface area (Å²) >= 11 is 0. The number of aryl methyl sites for hydroxylation is 2. The van der Waals surface area contributed by atoms with Crippen LogP contribution in [0.15, 0.2) is 0 Å². The fourth-order valence-corrected chi connectivity index (χ4v) is 2.29. The van der Waals surface area contributed by atoms with Crippen LogP contribution in [0.25, 0.3) is 0 Å². The minimum Gasteiger partial charge on any atom is -0.396 e. The topological polar surface area (TPSA) is 62.1 Å². The average molecular weight is 236 g/mol. The SMILES string of the molecule is Cc1nnc(N2CCCC2CCCO)nc1C. The van der Waals surface area contributed by atoms with Gasteiger partial charge in [0.05, 0.1) is 11.4 Å². The first kappa shape index (κ1) is 12.2. The van der Waals surface area contributed by atoms with Crippen LogP contribution in [0.1, 0.15) is 37.1 Å². The number of hydrogen-bond donors (Lipinski definition) is 1. The van der Waals surface area contributed by atoms with Crippen LogP contribution in [0.5, 0.6) is 0 Å². The molecular weight excluding hydrogens is 216 g/mol. The molecule has 0 bridgehead atoms. The summed E-state index contributed by atoms with van der Waals surface area (Å²) in [6.07, 6.45) is 4.19. The van der Waals surface area contributed by atoms with E-state index in [9.17, 15) is 0 Å². The predicted molar refractivity (Wildman–Crippen MR) is 66.0 cm³/mol. The molecule has 5 nitrogen and oxygen atoms in total. The van der Waals surface area contributed by atoms with Gasteiger partial charge >= 0.3 is 0 Å². The van der Waals surface area contributed by atoms with Gasteiger partial charge in [-0.05, 0) is 39.5 Å². The molecule has 1 aliphatic heterocycles. The molecule has 94 valence electrons. The summed E-state index contributed by atoms with van der Waals surface area (Å²) in [5, 5.41) is 17.2. The van der Waals surface area contributed by atoms with Gasteiger partial charge in [-0.25, -0.2) is 4.98 Å². The van der Waals surface area contributed by atoms with Crippen molar-refractivity contribution in [3.05, 3.63) is 11.4 Å². The highest BCUT2D eigenvalue weighted by Gasteiger charge is 2.26. The molecule has 0 spiro atoms. The Labute approximate surface area is 102 Å². The summed E-state index contributed by atoms with van der Waals surface area (Å²) in [7, 11) is 0. The van der Waals surface area contributed by atoms with Gasteiger partial charge in [-0.1, -0.05) is 0 Å². The average Bonchev–Trinajstić information content (AvgIpc) is 2.78. The highest BCUT2D eigenvalue weighted by Crippen LogP contribution is 2.25. The summed E-state index contributed by atoms with van der Waals surface area (Å²) in [6.45, 7) is 5.15. The van der Waals surface area contributed by atoms with Crippen molar-refractivity contribution in [3.63, 3.8) is 0 Å². The minimum absolute atomic E-state index is 0.260. The van der Waals surface area contributed by atoms with Crippen molar-refractivity contribution in [1.82, 2.24) is 15.2 Å². The second-order valence-electron chi connectivity index (χ2n) is 4.64. The summed E-state index contributed by atoms with van der Waals surface area (Å²) in [4.78, 5) is 6.73. The van der Waals surface area contributed by atoms with Crippen LogP contribution in [0, 0.1) is 13.8 Å². The zero-order valence-electron chi connectivity index (χ0n) is 10.6. The fourth-order valence-electron chi connectivity index (χ4n) is 2.29. The third-order valence-electron chi connectivity index (χ3n) is 3.41. The zero-order valence-corrected chi connectivity index (χ0v) is 10.6. The number of aromatic nitrogens is 3. The third kappa shape index (κ3) is 2.72. The maximum atomic E-state index is 8.90. The maximum absolute atomic E-state index is 8.90. The summed E-state index contributed by atoms with van der Waals surface area (Å²) in [6, 6.07) is 0.464. The fraction of sp³-hybridized carbons (Fsp3) is 0.750. The normalized spacial score (nSPS) is 19.9. The van der Waals surface area contributed by atoms with Crippen LogP contribution in [0.3, 0.4) is 0 Å². The number of rotatable bonds is 4. The van der Waals surface area contributed by atoms with Crippen LogP contribution in [-0.2, 0) is 0 Å². The molecule has 0 saturated carbocycles. The quantitative estimate of drug-likeness (QED) is 0.852. The first-order valence-corrected chi connectivity index (χ1v) is 6.28. The Morgan fingerprint density at radius 3 is 2.82 bits per heavy atom. The molecule has 1 aromatic rings. The minimum atomic E-state index is 0.260. The van der Waals surface area contributed by atoms with Crippen LogP contribution in [-0.4, -0.2) is 39.5 Å². The summed E-state index contributed by atoms with van der Waals surface area (Å²) in [5.41, 5.74) is 1.84. The molecule has 1 fully saturated rings. The molecule has 1 aromatic heterocycles. The zero-order chi connectivity index (χ0) is 12.3. The molecule has 0 aliphatic carbocycles. The van der Waals surface area contributed by atoms with Gasteiger partial charge in [-0.3, -0.25) is 0 Å². The monoisotopic (exact) mass is 236 g/mol. The Hall–Kier alpha value is -1.23. The maximum Gasteiger partial charge on any atom is 0.245 e. The largest absolute Gasteiger partial charge is 0.396 e. The molecule has 0 radical (unpaired) electrons. The molecule has 1 unspecified atom stereocenters. The van der Waals surface area contributed by atoms with Gasteiger partial charge in [0, 0.05) is 19.2 Å². The van der Waals surface area contributed by atoms with Crippen LogP contribution >= 0.6 is 0 Å². The van der Waals surface area contributed by atoms with Gasteiger partial charge < -0.3 is 10.0 Å². The van der Waals surface area contributed by atoms with E-state index in [4.69, 9.17) is 5.11 Å². The Kier molecular flexibility index (Phi) is 3.89. The van der Waals surface area contributed by atoms with E-state index in [1.807, 2.05) is 13.8 Å². The molecule has 1 aliphatic rings. The van der Waals surface area contributed by atoms with Gasteiger partial charge in [-0.2, -0.15) is 5.10 Å². The molecule has 2 rings (SSSR count). The standard InChI is InChI=1S/C12H20N4O/c1-9-10(2)14-15-12(13-9)16-7-3-5-11(16)6-4-8-17/h11,17H,3-8H2,1-2H3. The number of nitrogens with zero attached hydrogens (tertiary/aromatic N) is 4. The lowest BCUT2D eigenvalue weighted by Crippen LogP contribution is -2.31. The Bertz CT molecular complexity index is 383. The smallest absolute Gasteiger partial charge is 0.245 e. The van der Waals surface area contributed by atoms with Crippen molar-refractivity contribution in [1.29, 1.82) is 0 Å². The van der Waals surface area contributed by atoms with Crippen molar-refractivity contribution >= 4 is 5.95 Å². The lowest BCUT2D eigenvalue weighted by atomic mass is 10.1. The van der Waals surface area contributed by atoms with Gasteiger partial charge in [0.1, 0.15) is 0 Å². The van der Waals surface area contributed by atoms with Gasteiger partial charge in [-0.15, -0.1) is 5.10 Å². The first-order valence-electron chi connectivity index (χ1n) is 6.28. The van der Waals surface area contributed by atoms with Crippen LogP contribution in [0.2, 0.25) is 0 Å². The van der Waals surface area contributed by atoms with Crippen molar-refractivity contribution in [2.45, 2.75) is 45.6 Å². The highest BCUT2D eigenvalue weighted by molar-refractivity contribution is 5.33. The molecule has 5 heteroatoms. The second-order valence-corrected chi connectivity index (χ2v) is 4.64. The summed E-state index contributed by atoms with van der Waals surface area (Å²) in [5.74, 6) is 0.744. The van der Waals surface area contributed by atoms with E-state index in [1.165, 1.54) is 6.42 Å². The molecular formula is C12H20N4O. The highest BCUT2D eigenvalue weighted by atomic mass is 16.2. The second kappa shape index (κ2) is 5.40. The first-order chi connectivity index (χ1) is 8.22.